The molecule has 0 saturated heterocycles. The van der Waals surface area contributed by atoms with Gasteiger partial charge in [0.05, 0.1) is 10.8 Å². The summed E-state index contributed by atoms with van der Waals surface area (Å²) in [4.78, 5) is 23.8. The SMILES string of the molecule is CC(Sc1nnnn1C(C)(C)C)C(=O)NC(=O)NC(C)(C)C. The van der Waals surface area contributed by atoms with Gasteiger partial charge in [0, 0.05) is 5.54 Å². The lowest BCUT2D eigenvalue weighted by atomic mass is 10.1. The van der Waals surface area contributed by atoms with Crippen molar-refractivity contribution in [3.63, 3.8) is 0 Å². The number of hydrogen-bond acceptors (Lipinski definition) is 6. The Labute approximate surface area is 134 Å². The first-order chi connectivity index (χ1) is 9.90. The van der Waals surface area contributed by atoms with Crippen molar-refractivity contribution >= 4 is 23.7 Å². The van der Waals surface area contributed by atoms with E-state index in [0.29, 0.717) is 5.16 Å². The van der Waals surface area contributed by atoms with E-state index >= 15 is 0 Å². The van der Waals surface area contributed by atoms with Gasteiger partial charge in [-0.05, 0) is 58.9 Å². The lowest BCUT2D eigenvalue weighted by Gasteiger charge is -2.22. The van der Waals surface area contributed by atoms with Crippen LogP contribution in [-0.2, 0) is 10.3 Å². The number of urea groups is 1. The second-order valence-electron chi connectivity index (χ2n) is 7.00. The van der Waals surface area contributed by atoms with E-state index in [-0.39, 0.29) is 5.54 Å². The number of nitrogens with zero attached hydrogens (tertiary/aromatic N) is 4. The fourth-order valence-electron chi connectivity index (χ4n) is 1.47. The van der Waals surface area contributed by atoms with E-state index in [1.165, 1.54) is 11.8 Å². The smallest absolute Gasteiger partial charge is 0.321 e. The fraction of sp³-hybridized carbons (Fsp3) is 0.769. The van der Waals surface area contributed by atoms with Crippen molar-refractivity contribution in [3.05, 3.63) is 0 Å². The molecule has 124 valence electrons. The van der Waals surface area contributed by atoms with Gasteiger partial charge in [0.2, 0.25) is 11.1 Å². The summed E-state index contributed by atoms with van der Waals surface area (Å²) in [6.07, 6.45) is 0. The van der Waals surface area contributed by atoms with Crippen molar-refractivity contribution in [2.75, 3.05) is 0 Å². The van der Waals surface area contributed by atoms with Gasteiger partial charge in [0.15, 0.2) is 0 Å². The number of amides is 3. The van der Waals surface area contributed by atoms with Crippen LogP contribution in [0.1, 0.15) is 48.5 Å². The molecule has 1 rings (SSSR count). The van der Waals surface area contributed by atoms with E-state index in [1.54, 1.807) is 11.6 Å². The maximum Gasteiger partial charge on any atom is 0.321 e. The monoisotopic (exact) mass is 328 g/mol. The van der Waals surface area contributed by atoms with E-state index in [2.05, 4.69) is 26.2 Å². The number of thioether (sulfide) groups is 1. The molecule has 1 atom stereocenters. The summed E-state index contributed by atoms with van der Waals surface area (Å²) in [6, 6.07) is -0.514. The summed E-state index contributed by atoms with van der Waals surface area (Å²) in [6.45, 7) is 13.1. The zero-order valence-electron chi connectivity index (χ0n) is 14.1. The van der Waals surface area contributed by atoms with Crippen molar-refractivity contribution < 1.29 is 9.59 Å². The minimum absolute atomic E-state index is 0.286. The van der Waals surface area contributed by atoms with Gasteiger partial charge in [-0.15, -0.1) is 5.10 Å². The molecule has 8 nitrogen and oxygen atoms in total. The highest BCUT2D eigenvalue weighted by atomic mass is 32.2. The van der Waals surface area contributed by atoms with E-state index in [4.69, 9.17) is 0 Å². The second-order valence-corrected chi connectivity index (χ2v) is 8.31. The molecule has 0 spiro atoms. The summed E-state index contributed by atoms with van der Waals surface area (Å²) in [5.74, 6) is -0.393. The number of tetrazole rings is 1. The standard InChI is InChI=1S/C13H24N6O2S/c1-8(9(20)14-10(21)15-12(2,3)4)22-11-16-17-18-19(11)13(5,6)7/h8H,1-7H3,(H2,14,15,20,21). The highest BCUT2D eigenvalue weighted by Crippen LogP contribution is 2.24. The number of aromatic nitrogens is 4. The summed E-state index contributed by atoms with van der Waals surface area (Å²) >= 11 is 1.21. The first-order valence-electron chi connectivity index (χ1n) is 6.98. The molecule has 0 aliphatic carbocycles. The molecule has 9 heteroatoms. The molecule has 0 radical (unpaired) electrons. The van der Waals surface area contributed by atoms with Gasteiger partial charge >= 0.3 is 6.03 Å². The topological polar surface area (TPSA) is 102 Å². The zero-order valence-corrected chi connectivity index (χ0v) is 14.9. The van der Waals surface area contributed by atoms with Gasteiger partial charge < -0.3 is 5.32 Å². The molecule has 0 aliphatic heterocycles. The Morgan fingerprint density at radius 2 is 1.77 bits per heavy atom. The Kier molecular flexibility index (Phi) is 5.55. The Bertz CT molecular complexity index is 543. The van der Waals surface area contributed by atoms with E-state index in [0.717, 1.165) is 0 Å². The van der Waals surface area contributed by atoms with Crippen LogP contribution in [0.2, 0.25) is 0 Å². The van der Waals surface area contributed by atoms with Gasteiger partial charge in [0.25, 0.3) is 0 Å². The Hall–Kier alpha value is -1.64. The average molecular weight is 328 g/mol. The van der Waals surface area contributed by atoms with Gasteiger partial charge in [-0.2, -0.15) is 0 Å². The molecule has 1 aromatic rings. The first kappa shape index (κ1) is 18.4. The largest absolute Gasteiger partial charge is 0.333 e. The number of carbonyl (C=O) groups is 2. The first-order valence-corrected chi connectivity index (χ1v) is 7.86. The van der Waals surface area contributed by atoms with Crippen LogP contribution in [0.25, 0.3) is 0 Å². The zero-order chi connectivity index (χ0) is 17.1. The predicted octanol–water partition coefficient (Wildman–Crippen LogP) is 1.53. The lowest BCUT2D eigenvalue weighted by Crippen LogP contribution is -2.49. The van der Waals surface area contributed by atoms with Crippen molar-refractivity contribution in [1.82, 2.24) is 30.8 Å². The van der Waals surface area contributed by atoms with Crippen LogP contribution in [-0.4, -0.2) is 42.9 Å². The summed E-state index contributed by atoms with van der Waals surface area (Å²) in [5.41, 5.74) is -0.692. The number of carbonyl (C=O) groups excluding carboxylic acids is 2. The third-order valence-electron chi connectivity index (χ3n) is 2.45. The number of hydrogen-bond donors (Lipinski definition) is 2. The molecular weight excluding hydrogens is 304 g/mol. The molecule has 0 bridgehead atoms. The number of imide groups is 1. The normalized spacial score (nSPS) is 13.6. The summed E-state index contributed by atoms with van der Waals surface area (Å²) < 4.78 is 1.65. The molecule has 0 aromatic carbocycles. The third kappa shape index (κ3) is 5.63. The average Bonchev–Trinajstić information content (AvgIpc) is 2.73. The predicted molar refractivity (Wildman–Crippen MR) is 84.6 cm³/mol. The molecule has 0 saturated carbocycles. The molecule has 1 unspecified atom stereocenters. The van der Waals surface area contributed by atoms with Crippen LogP contribution >= 0.6 is 11.8 Å². The van der Waals surface area contributed by atoms with Crippen LogP contribution in [0.3, 0.4) is 0 Å². The maximum absolute atomic E-state index is 12.1. The Morgan fingerprint density at radius 3 is 2.27 bits per heavy atom. The lowest BCUT2D eigenvalue weighted by molar-refractivity contribution is -0.119. The molecule has 0 aliphatic rings. The minimum Gasteiger partial charge on any atom is -0.333 e. The molecule has 1 heterocycles. The van der Waals surface area contributed by atoms with Crippen LogP contribution in [0.4, 0.5) is 4.79 Å². The minimum atomic E-state index is -0.514. The van der Waals surface area contributed by atoms with Crippen molar-refractivity contribution in [2.45, 2.75) is 70.0 Å². The fourth-order valence-corrected chi connectivity index (χ4v) is 2.45. The third-order valence-corrected chi connectivity index (χ3v) is 3.49. The molecular formula is C13H24N6O2S. The maximum atomic E-state index is 12.1. The molecule has 3 amide bonds. The number of nitrogens with one attached hydrogen (secondary N) is 2. The Balaban J connectivity index is 2.66. The van der Waals surface area contributed by atoms with Crippen molar-refractivity contribution in [1.29, 1.82) is 0 Å². The van der Waals surface area contributed by atoms with E-state index in [9.17, 15) is 9.59 Å². The molecule has 1 aromatic heterocycles. The highest BCUT2D eigenvalue weighted by molar-refractivity contribution is 8.00. The van der Waals surface area contributed by atoms with Gasteiger partial charge in [-0.25, -0.2) is 9.48 Å². The van der Waals surface area contributed by atoms with Crippen molar-refractivity contribution in [2.24, 2.45) is 0 Å². The quantitative estimate of drug-likeness (QED) is 0.816. The molecule has 2 N–H and O–H groups in total. The van der Waals surface area contributed by atoms with Crippen LogP contribution < -0.4 is 10.6 Å². The van der Waals surface area contributed by atoms with Crippen LogP contribution in [0.15, 0.2) is 5.16 Å². The summed E-state index contributed by atoms with van der Waals surface area (Å²) in [7, 11) is 0. The molecule has 0 fully saturated rings. The van der Waals surface area contributed by atoms with Crippen LogP contribution in [0, 0.1) is 0 Å². The van der Waals surface area contributed by atoms with Gasteiger partial charge in [-0.3, -0.25) is 10.1 Å². The second kappa shape index (κ2) is 6.64. The summed E-state index contributed by atoms with van der Waals surface area (Å²) in [5, 5.41) is 16.5. The van der Waals surface area contributed by atoms with Crippen LogP contribution in [0.5, 0.6) is 0 Å². The number of rotatable bonds is 3. The van der Waals surface area contributed by atoms with Gasteiger partial charge in [-0.1, -0.05) is 11.8 Å². The Morgan fingerprint density at radius 1 is 1.18 bits per heavy atom. The van der Waals surface area contributed by atoms with Gasteiger partial charge in [0.1, 0.15) is 0 Å². The van der Waals surface area contributed by atoms with E-state index < -0.39 is 22.7 Å². The van der Waals surface area contributed by atoms with E-state index in [1.807, 2.05) is 41.5 Å². The molecule has 22 heavy (non-hydrogen) atoms. The van der Waals surface area contributed by atoms with Crippen molar-refractivity contribution in [3.8, 4) is 0 Å². The highest BCUT2D eigenvalue weighted by Gasteiger charge is 2.25.